The van der Waals surface area contributed by atoms with Crippen molar-refractivity contribution in [2.45, 2.75) is 25.3 Å². The summed E-state index contributed by atoms with van der Waals surface area (Å²) < 4.78 is 5.02. The summed E-state index contributed by atoms with van der Waals surface area (Å²) in [6, 6.07) is 4.31. The summed E-state index contributed by atoms with van der Waals surface area (Å²) in [5.41, 5.74) is 1.59. The van der Waals surface area contributed by atoms with Crippen LogP contribution in [0.25, 0.3) is 0 Å². The molecule has 1 unspecified atom stereocenters. The molecule has 16 heavy (non-hydrogen) atoms. The van der Waals surface area contributed by atoms with Gasteiger partial charge in [-0.2, -0.15) is 5.26 Å². The number of hydrogen-bond acceptors (Lipinski definition) is 4. The summed E-state index contributed by atoms with van der Waals surface area (Å²) >= 11 is 0. The zero-order valence-electron chi connectivity index (χ0n) is 9.36. The Bertz CT molecular complexity index is 405. The first-order chi connectivity index (χ1) is 7.85. The molecule has 1 atom stereocenters. The Morgan fingerprint density at radius 2 is 2.44 bits per heavy atom. The average Bonchev–Trinajstić information content (AvgIpc) is 2.39. The van der Waals surface area contributed by atoms with Crippen molar-refractivity contribution in [3.63, 3.8) is 0 Å². The maximum absolute atomic E-state index is 8.98. The number of piperidine rings is 1. The predicted molar refractivity (Wildman–Crippen MR) is 60.1 cm³/mol. The smallest absolute Gasteiger partial charge is 0.231 e. The van der Waals surface area contributed by atoms with Crippen molar-refractivity contribution >= 4 is 0 Å². The van der Waals surface area contributed by atoms with E-state index in [1.54, 1.807) is 6.20 Å². The fourth-order valence-corrected chi connectivity index (χ4v) is 2.04. The van der Waals surface area contributed by atoms with Crippen LogP contribution in [0.3, 0.4) is 0 Å². The monoisotopic (exact) mass is 217 g/mol. The highest BCUT2D eigenvalue weighted by Gasteiger charge is 2.16. The minimum absolute atomic E-state index is 0.333. The minimum Gasteiger partial charge on any atom is -0.480 e. The molecule has 1 N–H and O–H groups in total. The fourth-order valence-electron chi connectivity index (χ4n) is 2.04. The van der Waals surface area contributed by atoms with Crippen LogP contribution < -0.4 is 10.1 Å². The topological polar surface area (TPSA) is 57.9 Å². The molecule has 2 rings (SSSR count). The van der Waals surface area contributed by atoms with Crippen LogP contribution in [0.2, 0.25) is 0 Å². The maximum atomic E-state index is 8.98. The van der Waals surface area contributed by atoms with E-state index in [0.717, 1.165) is 18.5 Å². The lowest BCUT2D eigenvalue weighted by Gasteiger charge is -2.23. The lowest BCUT2D eigenvalue weighted by molar-refractivity contribution is 0.391. The summed E-state index contributed by atoms with van der Waals surface area (Å²) in [4.78, 5) is 4.16. The molecule has 1 aliphatic rings. The number of aromatic nitrogens is 1. The molecule has 84 valence electrons. The van der Waals surface area contributed by atoms with Gasteiger partial charge in [0, 0.05) is 12.2 Å². The Hall–Kier alpha value is -1.60. The number of pyridine rings is 1. The second kappa shape index (κ2) is 4.95. The van der Waals surface area contributed by atoms with E-state index in [4.69, 9.17) is 10.00 Å². The number of ether oxygens (including phenoxy) is 1. The molecule has 0 aromatic carbocycles. The third-order valence-electron chi connectivity index (χ3n) is 2.90. The Kier molecular flexibility index (Phi) is 3.37. The number of methoxy groups -OCH3 is 1. The molecule has 4 heteroatoms. The lowest BCUT2D eigenvalue weighted by Crippen LogP contribution is -2.26. The van der Waals surface area contributed by atoms with Gasteiger partial charge in [-0.1, -0.05) is 6.42 Å². The zero-order chi connectivity index (χ0) is 11.4. The van der Waals surface area contributed by atoms with Crippen molar-refractivity contribution in [1.82, 2.24) is 10.3 Å². The van der Waals surface area contributed by atoms with Gasteiger partial charge >= 0.3 is 0 Å². The van der Waals surface area contributed by atoms with E-state index < -0.39 is 0 Å². The van der Waals surface area contributed by atoms with Gasteiger partial charge in [-0.25, -0.2) is 4.98 Å². The van der Waals surface area contributed by atoms with Gasteiger partial charge in [0.05, 0.1) is 7.11 Å². The standard InChI is InChI=1S/C12H15N3O/c1-16-12-9(7-13)6-10(8-15-12)11-4-2-3-5-14-11/h6,8,11,14H,2-5H2,1H3. The number of rotatable bonds is 2. The number of nitrogens with one attached hydrogen (secondary N) is 1. The molecule has 1 aromatic heterocycles. The van der Waals surface area contributed by atoms with Crippen LogP contribution in [-0.4, -0.2) is 18.6 Å². The van der Waals surface area contributed by atoms with E-state index in [2.05, 4.69) is 16.4 Å². The van der Waals surface area contributed by atoms with Crippen molar-refractivity contribution in [2.75, 3.05) is 13.7 Å². The molecule has 1 fully saturated rings. The maximum Gasteiger partial charge on any atom is 0.231 e. The van der Waals surface area contributed by atoms with Crippen molar-refractivity contribution in [2.24, 2.45) is 0 Å². The number of nitrogens with zero attached hydrogens (tertiary/aromatic N) is 2. The van der Waals surface area contributed by atoms with E-state index in [-0.39, 0.29) is 0 Å². The highest BCUT2D eigenvalue weighted by atomic mass is 16.5. The van der Waals surface area contributed by atoms with Crippen LogP contribution in [0.5, 0.6) is 5.88 Å². The predicted octanol–water partition coefficient (Wildman–Crippen LogP) is 1.78. The van der Waals surface area contributed by atoms with Crippen LogP contribution in [0.4, 0.5) is 0 Å². The van der Waals surface area contributed by atoms with Gasteiger partial charge in [-0.3, -0.25) is 0 Å². The van der Waals surface area contributed by atoms with Crippen LogP contribution >= 0.6 is 0 Å². The molecule has 0 spiro atoms. The summed E-state index contributed by atoms with van der Waals surface area (Å²) in [6.45, 7) is 1.04. The number of nitriles is 1. The van der Waals surface area contributed by atoms with Gasteiger partial charge in [0.2, 0.25) is 5.88 Å². The van der Waals surface area contributed by atoms with Crippen molar-refractivity contribution in [3.05, 3.63) is 23.4 Å². The minimum atomic E-state index is 0.333. The first-order valence-electron chi connectivity index (χ1n) is 5.52. The van der Waals surface area contributed by atoms with E-state index in [1.807, 2.05) is 6.07 Å². The van der Waals surface area contributed by atoms with Crippen LogP contribution in [0.15, 0.2) is 12.3 Å². The quantitative estimate of drug-likeness (QED) is 0.820. The highest BCUT2D eigenvalue weighted by Crippen LogP contribution is 2.25. The SMILES string of the molecule is COc1ncc(C2CCCCN2)cc1C#N. The van der Waals surface area contributed by atoms with Crippen molar-refractivity contribution < 1.29 is 4.74 Å². The first kappa shape index (κ1) is 10.9. The largest absolute Gasteiger partial charge is 0.480 e. The number of hydrogen-bond donors (Lipinski definition) is 1. The van der Waals surface area contributed by atoms with Gasteiger partial charge in [-0.05, 0) is 31.0 Å². The molecule has 1 saturated heterocycles. The molecule has 0 amide bonds. The summed E-state index contributed by atoms with van der Waals surface area (Å²) in [6.07, 6.45) is 5.36. The molecule has 1 aromatic rings. The fraction of sp³-hybridized carbons (Fsp3) is 0.500. The summed E-state index contributed by atoms with van der Waals surface area (Å²) in [5.74, 6) is 0.405. The van der Waals surface area contributed by atoms with Crippen LogP contribution in [-0.2, 0) is 0 Å². The third-order valence-corrected chi connectivity index (χ3v) is 2.90. The second-order valence-electron chi connectivity index (χ2n) is 3.94. The molecule has 1 aliphatic heterocycles. The average molecular weight is 217 g/mol. The van der Waals surface area contributed by atoms with E-state index in [9.17, 15) is 0 Å². The van der Waals surface area contributed by atoms with Gasteiger partial charge in [-0.15, -0.1) is 0 Å². The van der Waals surface area contributed by atoms with Gasteiger partial charge in [0.25, 0.3) is 0 Å². The summed E-state index contributed by atoms with van der Waals surface area (Å²) in [7, 11) is 1.53. The van der Waals surface area contributed by atoms with Crippen molar-refractivity contribution in [1.29, 1.82) is 5.26 Å². The van der Waals surface area contributed by atoms with E-state index in [1.165, 1.54) is 20.0 Å². The zero-order valence-corrected chi connectivity index (χ0v) is 9.36. The first-order valence-corrected chi connectivity index (χ1v) is 5.52. The van der Waals surface area contributed by atoms with Gasteiger partial charge in [0.15, 0.2) is 0 Å². The van der Waals surface area contributed by atoms with Crippen LogP contribution in [0.1, 0.15) is 36.4 Å². The van der Waals surface area contributed by atoms with Crippen molar-refractivity contribution in [3.8, 4) is 11.9 Å². The molecule has 2 heterocycles. The van der Waals surface area contributed by atoms with Gasteiger partial charge in [0.1, 0.15) is 11.6 Å². The molecule has 0 aliphatic carbocycles. The molecular formula is C12H15N3O. The molecule has 0 saturated carbocycles. The molecule has 0 radical (unpaired) electrons. The van der Waals surface area contributed by atoms with Crippen LogP contribution in [0, 0.1) is 11.3 Å². The third kappa shape index (κ3) is 2.15. The Labute approximate surface area is 95.3 Å². The lowest BCUT2D eigenvalue weighted by atomic mass is 9.98. The Morgan fingerprint density at radius 3 is 3.06 bits per heavy atom. The molecule has 0 bridgehead atoms. The normalized spacial score (nSPS) is 20.1. The molecular weight excluding hydrogens is 202 g/mol. The van der Waals surface area contributed by atoms with E-state index in [0.29, 0.717) is 17.5 Å². The summed E-state index contributed by atoms with van der Waals surface area (Å²) in [5, 5.41) is 12.4. The van der Waals surface area contributed by atoms with E-state index >= 15 is 0 Å². The Morgan fingerprint density at radius 1 is 1.56 bits per heavy atom. The second-order valence-corrected chi connectivity index (χ2v) is 3.94. The van der Waals surface area contributed by atoms with Gasteiger partial charge < -0.3 is 10.1 Å². The molecule has 4 nitrogen and oxygen atoms in total. The highest BCUT2D eigenvalue weighted by molar-refractivity contribution is 5.40. The Balaban J connectivity index is 2.25.